The molecule has 0 aromatic heterocycles. The lowest BCUT2D eigenvalue weighted by molar-refractivity contribution is -0.870. The molecule has 0 spiro atoms. The summed E-state index contributed by atoms with van der Waals surface area (Å²) >= 11 is 0. The Morgan fingerprint density at radius 2 is 0.695 bits per heavy atom. The van der Waals surface area contributed by atoms with E-state index in [4.69, 9.17) is 18.9 Å². The second kappa shape index (κ2) is 64.3. The van der Waals surface area contributed by atoms with Crippen LogP contribution in [0.15, 0.2) is 48.6 Å². The highest BCUT2D eigenvalue weighted by Crippen LogP contribution is 2.19. The molecule has 0 fully saturated rings. The van der Waals surface area contributed by atoms with E-state index in [1.807, 2.05) is 21.1 Å². The van der Waals surface area contributed by atoms with Gasteiger partial charge in [-0.2, -0.15) is 0 Å². The van der Waals surface area contributed by atoms with Crippen LogP contribution >= 0.6 is 0 Å². The second-order valence-electron chi connectivity index (χ2n) is 25.2. The van der Waals surface area contributed by atoms with Gasteiger partial charge in [0.2, 0.25) is 0 Å². The predicted molar refractivity (Wildman–Crippen MR) is 350 cm³/mol. The van der Waals surface area contributed by atoms with Crippen molar-refractivity contribution in [3.05, 3.63) is 48.6 Å². The summed E-state index contributed by atoms with van der Waals surface area (Å²) in [6, 6.07) is 0. The van der Waals surface area contributed by atoms with E-state index in [1.165, 1.54) is 250 Å². The topological polar surface area (TPSA) is 108 Å². The van der Waals surface area contributed by atoms with Crippen molar-refractivity contribution in [2.45, 2.75) is 354 Å². The third-order valence-corrected chi connectivity index (χ3v) is 15.8. The number of nitrogens with zero attached hydrogens (tertiary/aromatic N) is 1. The van der Waals surface area contributed by atoms with Gasteiger partial charge >= 0.3 is 17.9 Å². The highest BCUT2D eigenvalue weighted by Gasteiger charge is 2.25. The number of hydrogen-bond donors (Lipinski definition) is 1. The maximum absolute atomic E-state index is 12.9. The van der Waals surface area contributed by atoms with Crippen molar-refractivity contribution < 1.29 is 42.9 Å². The third kappa shape index (κ3) is 64.8. The lowest BCUT2D eigenvalue weighted by Gasteiger charge is -2.25. The number of allylic oxidation sites excluding steroid dienone is 8. The first-order valence-electron chi connectivity index (χ1n) is 35.3. The van der Waals surface area contributed by atoms with Gasteiger partial charge in [-0.05, 0) is 51.4 Å². The van der Waals surface area contributed by atoms with Gasteiger partial charge in [-0.3, -0.25) is 9.59 Å². The Hall–Kier alpha value is -2.75. The van der Waals surface area contributed by atoms with Gasteiger partial charge in [0, 0.05) is 12.8 Å². The van der Waals surface area contributed by atoms with Crippen LogP contribution in [0.1, 0.15) is 341 Å². The number of esters is 2. The maximum Gasteiger partial charge on any atom is 0.361 e. The molecule has 2 unspecified atom stereocenters. The zero-order valence-corrected chi connectivity index (χ0v) is 54.9. The molecule has 0 saturated carbocycles. The van der Waals surface area contributed by atoms with E-state index in [1.54, 1.807) is 0 Å². The van der Waals surface area contributed by atoms with Crippen LogP contribution < -0.4 is 0 Å². The number of ether oxygens (including phenoxy) is 4. The van der Waals surface area contributed by atoms with Gasteiger partial charge in [0.25, 0.3) is 6.29 Å². The predicted octanol–water partition coefficient (Wildman–Crippen LogP) is 21.8. The number of quaternary nitrogens is 1. The first kappa shape index (κ1) is 79.2. The van der Waals surface area contributed by atoms with Crippen molar-refractivity contribution in [3.63, 3.8) is 0 Å². The number of hydrogen-bond acceptors (Lipinski definition) is 7. The van der Waals surface area contributed by atoms with Gasteiger partial charge < -0.3 is 28.5 Å². The molecule has 0 radical (unpaired) electrons. The van der Waals surface area contributed by atoms with Crippen LogP contribution in [0, 0.1) is 0 Å². The first-order chi connectivity index (χ1) is 40.1. The summed E-state index contributed by atoms with van der Waals surface area (Å²) < 4.78 is 23.0. The quantitative estimate of drug-likeness (QED) is 0.0211. The fourth-order valence-electron chi connectivity index (χ4n) is 10.5. The van der Waals surface area contributed by atoms with Crippen LogP contribution in [0.2, 0.25) is 0 Å². The van der Waals surface area contributed by atoms with E-state index >= 15 is 0 Å². The fraction of sp³-hybridized carbons (Fsp3) is 0.849. The van der Waals surface area contributed by atoms with Crippen LogP contribution in [0.25, 0.3) is 0 Å². The highest BCUT2D eigenvalue weighted by molar-refractivity contribution is 5.71. The number of carbonyl (C=O) groups excluding carboxylic acids is 2. The number of aliphatic carboxylic acids is 1. The average molecular weight is 1160 g/mol. The minimum absolute atomic E-state index is 0.175. The molecular formula is C73H136NO8+. The van der Waals surface area contributed by atoms with E-state index in [2.05, 4.69) is 62.5 Å². The molecule has 1 N–H and O–H groups in total. The van der Waals surface area contributed by atoms with E-state index in [9.17, 15) is 19.5 Å². The smallest absolute Gasteiger partial charge is 0.361 e. The summed E-state index contributed by atoms with van der Waals surface area (Å²) in [6.45, 7) is 4.82. The zero-order valence-electron chi connectivity index (χ0n) is 54.9. The molecule has 0 aliphatic carbocycles. The molecule has 0 amide bonds. The normalized spacial score (nSPS) is 12.9. The fourth-order valence-corrected chi connectivity index (χ4v) is 10.5. The number of carboxylic acid groups (broad SMARTS) is 1. The number of rotatable bonds is 66. The molecule has 2 atom stereocenters. The van der Waals surface area contributed by atoms with Crippen LogP contribution in [-0.2, 0) is 33.3 Å². The van der Waals surface area contributed by atoms with Crippen molar-refractivity contribution >= 4 is 17.9 Å². The summed E-state index contributed by atoms with van der Waals surface area (Å²) in [5.41, 5.74) is 0. The minimum atomic E-state index is -1.51. The molecule has 0 saturated heterocycles. The van der Waals surface area contributed by atoms with Crippen LogP contribution in [0.4, 0.5) is 0 Å². The Balaban J connectivity index is 3.91. The van der Waals surface area contributed by atoms with E-state index in [-0.39, 0.29) is 38.2 Å². The first-order valence-corrected chi connectivity index (χ1v) is 35.3. The Morgan fingerprint density at radius 1 is 0.378 bits per heavy atom. The molecule has 9 nitrogen and oxygen atoms in total. The van der Waals surface area contributed by atoms with E-state index in [0.29, 0.717) is 17.4 Å². The van der Waals surface area contributed by atoms with E-state index in [0.717, 1.165) is 64.2 Å². The monoisotopic (exact) mass is 1160 g/mol. The van der Waals surface area contributed by atoms with Crippen LogP contribution in [0.3, 0.4) is 0 Å². The summed E-state index contributed by atoms with van der Waals surface area (Å²) in [5, 5.41) is 9.73. The molecule has 0 heterocycles. The second-order valence-corrected chi connectivity index (χ2v) is 25.2. The van der Waals surface area contributed by atoms with Gasteiger partial charge in [-0.1, -0.05) is 326 Å². The van der Waals surface area contributed by atoms with E-state index < -0.39 is 18.4 Å². The summed E-state index contributed by atoms with van der Waals surface area (Å²) in [6.07, 6.45) is 79.6. The minimum Gasteiger partial charge on any atom is -0.477 e. The Kier molecular flexibility index (Phi) is 62.1. The summed E-state index contributed by atoms with van der Waals surface area (Å²) in [4.78, 5) is 37.5. The lowest BCUT2D eigenvalue weighted by atomic mass is 10.0. The Labute approximate surface area is 508 Å². The summed E-state index contributed by atoms with van der Waals surface area (Å²) in [5.74, 6) is -1.98. The molecule has 0 aliphatic rings. The van der Waals surface area contributed by atoms with Gasteiger partial charge in [0.05, 0.1) is 34.4 Å². The molecular weight excluding hydrogens is 1020 g/mol. The van der Waals surface area contributed by atoms with Crippen molar-refractivity contribution in [2.24, 2.45) is 0 Å². The average Bonchev–Trinajstić information content (AvgIpc) is 3.45. The van der Waals surface area contributed by atoms with Crippen LogP contribution in [0.5, 0.6) is 0 Å². The largest absolute Gasteiger partial charge is 0.477 e. The van der Waals surface area contributed by atoms with Crippen molar-refractivity contribution in [1.82, 2.24) is 0 Å². The number of likely N-dealkylation sites (N-methyl/N-ethyl adjacent to an activating group) is 1. The number of unbranched alkanes of at least 4 members (excludes halogenated alkanes) is 43. The maximum atomic E-state index is 12.9. The molecule has 0 aromatic carbocycles. The van der Waals surface area contributed by atoms with Gasteiger partial charge in [-0.25, -0.2) is 4.79 Å². The van der Waals surface area contributed by atoms with Crippen molar-refractivity contribution in [1.29, 1.82) is 0 Å². The molecule has 0 rings (SSSR count). The van der Waals surface area contributed by atoms with Gasteiger partial charge in [0.15, 0.2) is 6.10 Å². The van der Waals surface area contributed by atoms with Crippen LogP contribution in [-0.4, -0.2) is 87.4 Å². The number of carboxylic acids is 1. The number of carbonyl (C=O) groups is 3. The Morgan fingerprint density at radius 3 is 1.04 bits per heavy atom. The molecule has 0 aromatic rings. The van der Waals surface area contributed by atoms with Gasteiger partial charge in [0.1, 0.15) is 13.2 Å². The van der Waals surface area contributed by atoms with Crippen molar-refractivity contribution in [3.8, 4) is 0 Å². The Bertz CT molecular complexity index is 1480. The molecule has 82 heavy (non-hydrogen) atoms. The molecule has 0 aliphatic heterocycles. The zero-order chi connectivity index (χ0) is 59.8. The molecule has 0 bridgehead atoms. The molecule has 480 valence electrons. The SMILES string of the molecule is CC/C=C\C/C=C\C/C=C\C/C=C\CCCCCCCCCCCCCCCCCCCCCCCCCCCCCCC(=O)OC(COC(=O)CCCCCCCCCCCCCCCCCC)COC(OCC[N+](C)(C)C)C(=O)O. The standard InChI is InChI=1S/C73H135NO8/c1-6-8-10-12-14-16-18-20-22-24-25-26-27-28-29-30-31-32-33-34-35-36-37-38-39-40-41-42-43-44-45-46-47-48-50-52-54-56-58-60-62-64-71(76)82-69(68-81-73(72(77)78)79-66-65-74(3,4)5)67-80-70(75)63-61-59-57-55-53-51-49-23-21-19-17-15-13-11-9-7-2/h8,10,14,16,20,22,25-26,69,73H,6-7,9,11-13,15,17-19,21,23-24,27-68H2,1-5H3/p+1/b10-8-,16-14-,22-20-,26-25-. The molecule has 9 heteroatoms. The summed E-state index contributed by atoms with van der Waals surface area (Å²) in [7, 11) is 5.99. The lowest BCUT2D eigenvalue weighted by Crippen LogP contribution is -2.40. The highest BCUT2D eigenvalue weighted by atomic mass is 16.7. The third-order valence-electron chi connectivity index (χ3n) is 15.8. The van der Waals surface area contributed by atoms with Gasteiger partial charge in [-0.15, -0.1) is 0 Å². The van der Waals surface area contributed by atoms with Crippen molar-refractivity contribution in [2.75, 3.05) is 47.5 Å².